The average molecular weight is 267 g/mol. The second kappa shape index (κ2) is 3.75. The fourth-order valence-corrected chi connectivity index (χ4v) is 1.32. The lowest BCUT2D eigenvalue weighted by Gasteiger charge is -2.19. The van der Waals surface area contributed by atoms with E-state index in [1.165, 1.54) is 0 Å². The normalized spacial score (nSPS) is 13.2. The molecule has 0 radical (unpaired) electrons. The minimum atomic E-state index is -5.64. The van der Waals surface area contributed by atoms with Crippen LogP contribution in [-0.2, 0) is 6.54 Å². The van der Waals surface area contributed by atoms with Crippen molar-refractivity contribution in [3.05, 3.63) is 12.7 Å². The first kappa shape index (κ1) is 12.5. The summed E-state index contributed by atoms with van der Waals surface area (Å²) in [5.74, 6) is -4.96. The molecule has 0 aliphatic carbocycles. The van der Waals surface area contributed by atoms with Crippen LogP contribution in [0.4, 0.5) is 27.8 Å². The highest BCUT2D eigenvalue weighted by molar-refractivity contribution is 5.81. The third kappa shape index (κ3) is 1.93. The molecular formula is C8H6F5N5. The molecule has 2 aromatic heterocycles. The number of rotatable bonds is 2. The number of halogens is 5. The quantitative estimate of drug-likeness (QED) is 0.839. The highest BCUT2D eigenvalue weighted by Gasteiger charge is 2.57. The third-order valence-electron chi connectivity index (χ3n) is 2.21. The molecule has 18 heavy (non-hydrogen) atoms. The summed E-state index contributed by atoms with van der Waals surface area (Å²) >= 11 is 0. The van der Waals surface area contributed by atoms with Gasteiger partial charge in [0.1, 0.15) is 11.8 Å². The van der Waals surface area contributed by atoms with Crippen LogP contribution >= 0.6 is 0 Å². The van der Waals surface area contributed by atoms with Gasteiger partial charge in [-0.05, 0) is 0 Å². The number of nitrogens with two attached hydrogens (primary N) is 1. The van der Waals surface area contributed by atoms with Gasteiger partial charge in [0.15, 0.2) is 11.5 Å². The highest BCUT2D eigenvalue weighted by atomic mass is 19.4. The van der Waals surface area contributed by atoms with Crippen LogP contribution in [0.2, 0.25) is 0 Å². The smallest absolute Gasteiger partial charge is 0.382 e. The van der Waals surface area contributed by atoms with Crippen LogP contribution in [0.25, 0.3) is 11.2 Å². The number of nitrogens with zero attached hydrogens (tertiary/aromatic N) is 4. The lowest BCUT2D eigenvalue weighted by molar-refractivity contribution is -0.286. The van der Waals surface area contributed by atoms with E-state index in [1.807, 2.05) is 0 Å². The maximum atomic E-state index is 12.9. The largest absolute Gasteiger partial charge is 0.455 e. The Morgan fingerprint density at radius 3 is 2.39 bits per heavy atom. The lowest BCUT2D eigenvalue weighted by Crippen LogP contribution is -2.40. The van der Waals surface area contributed by atoms with E-state index in [-0.39, 0.29) is 17.0 Å². The van der Waals surface area contributed by atoms with Crippen molar-refractivity contribution < 1.29 is 22.0 Å². The fourth-order valence-electron chi connectivity index (χ4n) is 1.32. The summed E-state index contributed by atoms with van der Waals surface area (Å²) in [4.78, 5) is 10.7. The monoisotopic (exact) mass is 267 g/mol. The molecule has 2 rings (SSSR count). The van der Waals surface area contributed by atoms with Crippen molar-refractivity contribution in [2.75, 3.05) is 5.73 Å². The van der Waals surface area contributed by atoms with Gasteiger partial charge in [-0.3, -0.25) is 0 Å². The first-order valence-corrected chi connectivity index (χ1v) is 4.58. The van der Waals surface area contributed by atoms with Crippen molar-refractivity contribution in [3.63, 3.8) is 0 Å². The van der Waals surface area contributed by atoms with E-state index in [9.17, 15) is 22.0 Å². The van der Waals surface area contributed by atoms with E-state index in [2.05, 4.69) is 15.0 Å². The van der Waals surface area contributed by atoms with Gasteiger partial charge in [0.05, 0.1) is 12.9 Å². The molecule has 0 saturated heterocycles. The first-order valence-electron chi connectivity index (χ1n) is 4.58. The van der Waals surface area contributed by atoms with Gasteiger partial charge in [0.25, 0.3) is 0 Å². The number of anilines is 1. The minimum Gasteiger partial charge on any atom is -0.382 e. The van der Waals surface area contributed by atoms with Gasteiger partial charge in [-0.15, -0.1) is 0 Å². The molecule has 0 aliphatic heterocycles. The number of hydrogen-bond donors (Lipinski definition) is 1. The van der Waals surface area contributed by atoms with E-state index >= 15 is 0 Å². The molecule has 98 valence electrons. The van der Waals surface area contributed by atoms with E-state index in [0.717, 1.165) is 12.7 Å². The number of hydrogen-bond acceptors (Lipinski definition) is 4. The second-order valence-electron chi connectivity index (χ2n) is 3.51. The average Bonchev–Trinajstić information content (AvgIpc) is 2.61. The number of nitrogen functional groups attached to an aromatic ring is 1. The van der Waals surface area contributed by atoms with Gasteiger partial charge >= 0.3 is 12.1 Å². The van der Waals surface area contributed by atoms with E-state index < -0.39 is 18.6 Å². The fraction of sp³-hybridized carbons (Fsp3) is 0.375. The van der Waals surface area contributed by atoms with Crippen molar-refractivity contribution in [2.45, 2.75) is 18.6 Å². The van der Waals surface area contributed by atoms with Gasteiger partial charge in [0.2, 0.25) is 0 Å². The van der Waals surface area contributed by atoms with Crippen molar-refractivity contribution in [1.82, 2.24) is 19.5 Å². The molecule has 0 unspecified atom stereocenters. The third-order valence-corrected chi connectivity index (χ3v) is 2.21. The molecular weight excluding hydrogens is 261 g/mol. The minimum absolute atomic E-state index is 0.0181. The van der Waals surface area contributed by atoms with E-state index in [1.54, 1.807) is 0 Å². The Morgan fingerprint density at radius 1 is 1.11 bits per heavy atom. The molecule has 2 heterocycles. The lowest BCUT2D eigenvalue weighted by atomic mass is 10.3. The van der Waals surface area contributed by atoms with Crippen LogP contribution in [0.1, 0.15) is 0 Å². The number of fused-ring (bicyclic) bond motifs is 1. The molecule has 10 heteroatoms. The Morgan fingerprint density at radius 2 is 1.78 bits per heavy atom. The summed E-state index contributed by atoms with van der Waals surface area (Å²) in [5, 5.41) is 0. The molecule has 0 amide bonds. The molecule has 0 spiro atoms. The van der Waals surface area contributed by atoms with Crippen molar-refractivity contribution in [3.8, 4) is 0 Å². The van der Waals surface area contributed by atoms with Crippen LogP contribution in [0, 0.1) is 0 Å². The van der Waals surface area contributed by atoms with Gasteiger partial charge in [-0.25, -0.2) is 15.0 Å². The Kier molecular flexibility index (Phi) is 2.60. The second-order valence-corrected chi connectivity index (χ2v) is 3.51. The molecule has 0 aliphatic rings. The highest BCUT2D eigenvalue weighted by Crippen LogP contribution is 2.37. The molecule has 0 fully saturated rings. The summed E-state index contributed by atoms with van der Waals surface area (Å²) in [6, 6.07) is 0. The standard InChI is InChI=1S/C8H6F5N5/c9-7(10,8(11,12)13)1-18-3-17-4-5(14)15-2-16-6(4)18/h2-3H,1H2,(H2,14,15,16). The zero-order chi connectivity index (χ0) is 13.6. The SMILES string of the molecule is Nc1ncnc2c1ncn2CC(F)(F)C(F)(F)F. The van der Waals surface area contributed by atoms with Crippen LogP contribution in [0.15, 0.2) is 12.7 Å². The zero-order valence-electron chi connectivity index (χ0n) is 8.62. The molecule has 0 atom stereocenters. The van der Waals surface area contributed by atoms with Gasteiger partial charge < -0.3 is 10.3 Å². The van der Waals surface area contributed by atoms with Crippen LogP contribution in [-0.4, -0.2) is 31.6 Å². The topological polar surface area (TPSA) is 69.6 Å². The van der Waals surface area contributed by atoms with Gasteiger partial charge in [0, 0.05) is 0 Å². The van der Waals surface area contributed by atoms with Gasteiger partial charge in [-0.1, -0.05) is 0 Å². The Balaban J connectivity index is 2.42. The van der Waals surface area contributed by atoms with Gasteiger partial charge in [-0.2, -0.15) is 22.0 Å². The predicted octanol–water partition coefficient (Wildman–Crippen LogP) is 1.61. The molecule has 0 bridgehead atoms. The molecule has 0 aromatic carbocycles. The van der Waals surface area contributed by atoms with E-state index in [0.29, 0.717) is 4.57 Å². The Hall–Kier alpha value is -2.00. The molecule has 5 nitrogen and oxygen atoms in total. The molecule has 2 aromatic rings. The summed E-state index contributed by atoms with van der Waals surface area (Å²) < 4.78 is 62.5. The summed E-state index contributed by atoms with van der Waals surface area (Å²) in [6.07, 6.45) is -3.86. The van der Waals surface area contributed by atoms with Crippen LogP contribution in [0.5, 0.6) is 0 Å². The van der Waals surface area contributed by atoms with Crippen molar-refractivity contribution in [1.29, 1.82) is 0 Å². The molecule has 2 N–H and O–H groups in total. The van der Waals surface area contributed by atoms with Crippen molar-refractivity contribution in [2.24, 2.45) is 0 Å². The Labute approximate surface area is 96.5 Å². The van der Waals surface area contributed by atoms with Crippen LogP contribution in [0.3, 0.4) is 0 Å². The summed E-state index contributed by atoms with van der Waals surface area (Å²) in [5.41, 5.74) is 5.19. The number of aromatic nitrogens is 4. The summed E-state index contributed by atoms with van der Waals surface area (Å²) in [7, 11) is 0. The number of alkyl halides is 5. The summed E-state index contributed by atoms with van der Waals surface area (Å²) in [6.45, 7) is -1.61. The Bertz CT molecular complexity index is 575. The zero-order valence-corrected chi connectivity index (χ0v) is 8.62. The maximum absolute atomic E-state index is 12.9. The molecule has 0 saturated carbocycles. The number of imidazole rings is 1. The van der Waals surface area contributed by atoms with Crippen LogP contribution < -0.4 is 5.73 Å². The first-order chi connectivity index (χ1) is 8.22. The van der Waals surface area contributed by atoms with Crippen molar-refractivity contribution >= 4 is 17.0 Å². The maximum Gasteiger partial charge on any atom is 0.455 e. The predicted molar refractivity (Wildman–Crippen MR) is 50.7 cm³/mol. The van der Waals surface area contributed by atoms with E-state index in [4.69, 9.17) is 5.73 Å².